The molecular formula is C35H36BN7O4. The number of aromatic amines is 1. The summed E-state index contributed by atoms with van der Waals surface area (Å²) in [5, 5.41) is 8.86. The van der Waals surface area contributed by atoms with E-state index in [1.54, 1.807) is 31.1 Å². The van der Waals surface area contributed by atoms with E-state index in [-0.39, 0.29) is 18.1 Å². The van der Waals surface area contributed by atoms with E-state index < -0.39 is 35.2 Å². The topological polar surface area (TPSA) is 141 Å². The van der Waals surface area contributed by atoms with Gasteiger partial charge in [-0.05, 0) is 42.2 Å². The molecule has 2 radical (unpaired) electrons. The maximum absolute atomic E-state index is 13.8. The first-order chi connectivity index (χ1) is 22.4. The number of hydrogen-bond acceptors (Lipinski definition) is 5. The van der Waals surface area contributed by atoms with Gasteiger partial charge in [-0.15, -0.1) is 0 Å². The van der Waals surface area contributed by atoms with Crippen LogP contribution in [-0.4, -0.2) is 76.5 Å². The van der Waals surface area contributed by atoms with Crippen LogP contribution < -0.4 is 16.0 Å². The Bertz CT molecular complexity index is 1900. The third-order valence-electron chi connectivity index (χ3n) is 7.88. The third kappa shape index (κ3) is 7.60. The average Bonchev–Trinajstić information content (AvgIpc) is 3.68. The first-order valence-electron chi connectivity index (χ1n) is 15.1. The van der Waals surface area contributed by atoms with Crippen LogP contribution in [0.1, 0.15) is 31.0 Å². The summed E-state index contributed by atoms with van der Waals surface area (Å²) in [5.41, 5.74) is 3.12. The van der Waals surface area contributed by atoms with Crippen molar-refractivity contribution in [3.63, 3.8) is 0 Å². The minimum atomic E-state index is -1.39. The predicted octanol–water partition coefficient (Wildman–Crippen LogP) is 4.03. The molecule has 11 nitrogen and oxygen atoms in total. The van der Waals surface area contributed by atoms with Crippen LogP contribution in [0.15, 0.2) is 97.6 Å². The molecule has 0 spiro atoms. The van der Waals surface area contributed by atoms with Crippen molar-refractivity contribution in [2.24, 2.45) is 0 Å². The molecule has 2 unspecified atom stereocenters. The zero-order valence-corrected chi connectivity index (χ0v) is 26.7. The predicted molar refractivity (Wildman–Crippen MR) is 182 cm³/mol. The molecule has 0 saturated carbocycles. The molecule has 3 aromatic carbocycles. The lowest BCUT2D eigenvalue weighted by Crippen LogP contribution is -2.58. The molecule has 2 aromatic heterocycles. The Morgan fingerprint density at radius 3 is 2.28 bits per heavy atom. The molecule has 0 saturated heterocycles. The number of para-hydroxylation sites is 1. The van der Waals surface area contributed by atoms with Gasteiger partial charge in [0.1, 0.15) is 17.6 Å². The Morgan fingerprint density at radius 1 is 0.936 bits per heavy atom. The lowest BCUT2D eigenvalue weighted by Gasteiger charge is -2.27. The number of likely N-dealkylation sites (N-methyl/N-ethyl adjacent to an activating group) is 1. The van der Waals surface area contributed by atoms with Crippen LogP contribution in [0, 0.1) is 0 Å². The van der Waals surface area contributed by atoms with Crippen molar-refractivity contribution < 1.29 is 19.2 Å². The highest BCUT2D eigenvalue weighted by Gasteiger charge is 2.33. The molecule has 47 heavy (non-hydrogen) atoms. The first kappa shape index (κ1) is 32.7. The van der Waals surface area contributed by atoms with Gasteiger partial charge < -0.3 is 30.4 Å². The summed E-state index contributed by atoms with van der Waals surface area (Å²) in [6.07, 6.45) is 5.00. The number of nitrogens with zero attached hydrogens (tertiary/aromatic N) is 3. The molecule has 12 heteroatoms. The van der Waals surface area contributed by atoms with Crippen LogP contribution in [0.5, 0.6) is 0 Å². The van der Waals surface area contributed by atoms with Crippen molar-refractivity contribution in [1.82, 2.24) is 30.1 Å². The molecule has 0 aliphatic rings. The quantitative estimate of drug-likeness (QED) is 0.163. The molecule has 5 aromatic rings. The summed E-state index contributed by atoms with van der Waals surface area (Å²) >= 11 is 0. The van der Waals surface area contributed by atoms with Crippen LogP contribution in [-0.2, 0) is 20.8 Å². The minimum Gasteiger partial charge on any atom is -0.361 e. The first-order valence-corrected chi connectivity index (χ1v) is 15.1. The fraction of sp³-hybridized carbons (Fsp3) is 0.229. The Morgan fingerprint density at radius 2 is 1.60 bits per heavy atom. The normalized spacial score (nSPS) is 12.6. The summed E-state index contributed by atoms with van der Waals surface area (Å²) in [7, 11) is 8.63. The van der Waals surface area contributed by atoms with Gasteiger partial charge in [0.15, 0.2) is 11.6 Å². The van der Waals surface area contributed by atoms with Crippen molar-refractivity contribution >= 4 is 48.1 Å². The number of aromatic nitrogens is 3. The van der Waals surface area contributed by atoms with Gasteiger partial charge in [-0.1, -0.05) is 72.8 Å². The second kappa shape index (κ2) is 13.8. The van der Waals surface area contributed by atoms with Crippen LogP contribution in [0.3, 0.4) is 0 Å². The van der Waals surface area contributed by atoms with Gasteiger partial charge in [-0.25, -0.2) is 4.98 Å². The molecule has 5 rings (SSSR count). The van der Waals surface area contributed by atoms with Crippen LogP contribution in [0.2, 0.25) is 0 Å². The van der Waals surface area contributed by atoms with E-state index in [0.717, 1.165) is 33.2 Å². The molecule has 4 amide bonds. The molecule has 0 aliphatic heterocycles. The summed E-state index contributed by atoms with van der Waals surface area (Å²) in [6.45, 7) is 2.98. The molecule has 0 aliphatic carbocycles. The molecular weight excluding hydrogens is 593 g/mol. The minimum absolute atomic E-state index is 0.143. The summed E-state index contributed by atoms with van der Waals surface area (Å²) < 4.78 is 1.64. The van der Waals surface area contributed by atoms with Gasteiger partial charge in [-0.2, -0.15) is 0 Å². The molecule has 2 heterocycles. The maximum Gasteiger partial charge on any atom is 0.249 e. The van der Waals surface area contributed by atoms with Crippen molar-refractivity contribution in [1.29, 1.82) is 0 Å². The molecule has 0 fully saturated rings. The number of nitrogens with one attached hydrogen (secondary N) is 4. The maximum atomic E-state index is 13.8. The molecule has 2 atom stereocenters. The molecule has 238 valence electrons. The van der Waals surface area contributed by atoms with Gasteiger partial charge in [-0.3, -0.25) is 19.2 Å². The largest absolute Gasteiger partial charge is 0.361 e. The van der Waals surface area contributed by atoms with Gasteiger partial charge in [0.05, 0.1) is 6.33 Å². The second-order valence-corrected chi connectivity index (χ2v) is 12.0. The van der Waals surface area contributed by atoms with Crippen molar-refractivity contribution in [2.45, 2.75) is 37.9 Å². The standard InChI is InChI=1S/C35H36BN7O4/c1-35(2,41-34(36)47)33(46)39-28(18-25-19-37-27-13-9-8-12-26(25)27)31(44)40-29-20-43(21-38-29)30(32(45)42(3)4)24-16-14-23(15-17-24)22-10-6-5-7-11-22/h5-17,19-21,28,30,37H,18H2,1-4H3,(H,39,46)(H,40,44)(H,41,47). The van der Waals surface area contributed by atoms with Gasteiger partial charge in [0.2, 0.25) is 25.6 Å². The van der Waals surface area contributed by atoms with Crippen LogP contribution >= 0.6 is 0 Å². The number of hydrogen-bond donors (Lipinski definition) is 4. The number of imidazole rings is 1. The Hall–Kier alpha value is -5.65. The second-order valence-electron chi connectivity index (χ2n) is 12.0. The van der Waals surface area contributed by atoms with Gasteiger partial charge >= 0.3 is 0 Å². The fourth-order valence-corrected chi connectivity index (χ4v) is 5.36. The van der Waals surface area contributed by atoms with Crippen molar-refractivity contribution in [3.8, 4) is 11.1 Å². The van der Waals surface area contributed by atoms with E-state index in [4.69, 9.17) is 7.85 Å². The lowest BCUT2D eigenvalue weighted by atomic mass is 9.98. The zero-order valence-electron chi connectivity index (χ0n) is 26.7. The molecule has 4 N–H and O–H groups in total. The average molecular weight is 630 g/mol. The van der Waals surface area contributed by atoms with Crippen molar-refractivity contribution in [2.75, 3.05) is 19.4 Å². The Labute approximate surface area is 274 Å². The van der Waals surface area contributed by atoms with E-state index >= 15 is 0 Å². The molecule has 0 bridgehead atoms. The Kier molecular flexibility index (Phi) is 9.60. The fourth-order valence-electron chi connectivity index (χ4n) is 5.36. The summed E-state index contributed by atoms with van der Waals surface area (Å²) in [5.74, 6) is -1.99. The number of carbonyl (C=O) groups is 4. The van der Waals surface area contributed by atoms with Crippen LogP contribution in [0.25, 0.3) is 22.0 Å². The lowest BCUT2D eigenvalue weighted by molar-refractivity contribution is -0.131. The van der Waals surface area contributed by atoms with E-state index in [0.29, 0.717) is 0 Å². The van der Waals surface area contributed by atoms with E-state index in [1.165, 1.54) is 25.1 Å². The van der Waals surface area contributed by atoms with Crippen molar-refractivity contribution in [3.05, 3.63) is 109 Å². The van der Waals surface area contributed by atoms with Crippen LogP contribution in [0.4, 0.5) is 10.6 Å². The zero-order chi connectivity index (χ0) is 33.7. The van der Waals surface area contributed by atoms with E-state index in [9.17, 15) is 19.2 Å². The number of H-pyrrole nitrogens is 1. The van der Waals surface area contributed by atoms with E-state index in [1.807, 2.05) is 78.9 Å². The highest BCUT2D eigenvalue weighted by molar-refractivity contribution is 6.57. The smallest absolute Gasteiger partial charge is 0.249 e. The van der Waals surface area contributed by atoms with Gasteiger partial charge in [0, 0.05) is 43.8 Å². The monoisotopic (exact) mass is 629 g/mol. The van der Waals surface area contributed by atoms with E-state index in [2.05, 4.69) is 25.9 Å². The highest BCUT2D eigenvalue weighted by atomic mass is 16.2. The summed E-state index contributed by atoms with van der Waals surface area (Å²) in [6, 6.07) is 23.5. The highest BCUT2D eigenvalue weighted by Crippen LogP contribution is 2.26. The number of amides is 4. The number of fused-ring (bicyclic) bond motifs is 1. The number of anilines is 1. The third-order valence-corrected chi connectivity index (χ3v) is 7.88. The Balaban J connectivity index is 1.40. The van der Waals surface area contributed by atoms with Gasteiger partial charge in [0.25, 0.3) is 0 Å². The summed E-state index contributed by atoms with van der Waals surface area (Å²) in [4.78, 5) is 61.0. The number of rotatable bonds is 11. The SMILES string of the molecule is [B]C(=O)NC(C)(C)C(=O)NC(Cc1c[nH]c2ccccc12)C(=O)Nc1cn(C(C(=O)N(C)C)c2ccc(-c3ccccc3)cc2)cn1. The number of benzene rings is 3. The number of carbonyl (C=O) groups excluding carboxylic acids is 4.